The first-order chi connectivity index (χ1) is 11.7. The molecule has 24 heavy (non-hydrogen) atoms. The van der Waals surface area contributed by atoms with Crippen LogP contribution in [-0.4, -0.2) is 31.1 Å². The number of para-hydroxylation sites is 2. The number of nitrogens with one attached hydrogen (secondary N) is 1. The van der Waals surface area contributed by atoms with Crippen LogP contribution in [0.1, 0.15) is 30.3 Å². The largest absolute Gasteiger partial charge is 0.495 e. The molecule has 1 aromatic carbocycles. The van der Waals surface area contributed by atoms with Crippen molar-refractivity contribution < 1.29 is 9.53 Å². The van der Waals surface area contributed by atoms with Crippen molar-refractivity contribution in [3.8, 4) is 5.75 Å². The van der Waals surface area contributed by atoms with Crippen LogP contribution < -0.4 is 15.0 Å². The van der Waals surface area contributed by atoms with Crippen molar-refractivity contribution in [3.63, 3.8) is 0 Å². The van der Waals surface area contributed by atoms with Gasteiger partial charge in [0.05, 0.1) is 12.8 Å². The molecule has 3 rings (SSSR count). The minimum Gasteiger partial charge on any atom is -0.495 e. The Bertz CT molecular complexity index is 717. The highest BCUT2D eigenvalue weighted by Gasteiger charge is 2.18. The minimum atomic E-state index is -0.230. The summed E-state index contributed by atoms with van der Waals surface area (Å²) in [4.78, 5) is 19.1. The third-order valence-electron chi connectivity index (χ3n) is 4.35. The van der Waals surface area contributed by atoms with E-state index in [9.17, 15) is 4.79 Å². The number of amides is 1. The Hall–Kier alpha value is -2.56. The molecule has 0 saturated carbocycles. The monoisotopic (exact) mass is 325 g/mol. The maximum Gasteiger partial charge on any atom is 0.274 e. The molecule has 0 bridgehead atoms. The van der Waals surface area contributed by atoms with Gasteiger partial charge in [0.1, 0.15) is 11.4 Å². The van der Waals surface area contributed by atoms with Gasteiger partial charge in [-0.2, -0.15) is 0 Å². The summed E-state index contributed by atoms with van der Waals surface area (Å²) >= 11 is 0. The fraction of sp³-hybridized carbons (Fsp3) is 0.368. The van der Waals surface area contributed by atoms with E-state index in [1.807, 2.05) is 36.4 Å². The van der Waals surface area contributed by atoms with Gasteiger partial charge in [-0.05, 0) is 43.0 Å². The summed E-state index contributed by atoms with van der Waals surface area (Å²) in [5.41, 5.74) is 2.11. The van der Waals surface area contributed by atoms with Crippen LogP contribution in [0.15, 0.2) is 42.6 Å². The van der Waals surface area contributed by atoms with Crippen LogP contribution in [0.5, 0.6) is 5.75 Å². The van der Waals surface area contributed by atoms with Gasteiger partial charge in [0.15, 0.2) is 0 Å². The van der Waals surface area contributed by atoms with Crippen LogP contribution in [0.3, 0.4) is 0 Å². The second-order valence-corrected chi connectivity index (χ2v) is 6.25. The van der Waals surface area contributed by atoms with E-state index in [1.165, 1.54) is 12.8 Å². The molecule has 1 fully saturated rings. The third kappa shape index (κ3) is 3.67. The molecule has 1 atom stereocenters. The lowest BCUT2D eigenvalue weighted by molar-refractivity contribution is 0.102. The molecule has 0 aliphatic carbocycles. The van der Waals surface area contributed by atoms with Crippen molar-refractivity contribution in [1.82, 2.24) is 4.98 Å². The standard InChI is InChI=1S/C19H23N3O2/c1-14-6-5-11-22(13-14)15-9-10-20-17(12-15)19(23)21-16-7-3-4-8-18(16)24-2/h3-4,7-10,12,14H,5-6,11,13H2,1-2H3,(H,21,23). The first-order valence-corrected chi connectivity index (χ1v) is 8.32. The van der Waals surface area contributed by atoms with E-state index >= 15 is 0 Å². The van der Waals surface area contributed by atoms with Gasteiger partial charge in [0, 0.05) is 25.0 Å². The number of methoxy groups -OCH3 is 1. The molecule has 0 radical (unpaired) electrons. The van der Waals surface area contributed by atoms with E-state index in [-0.39, 0.29) is 5.91 Å². The third-order valence-corrected chi connectivity index (χ3v) is 4.35. The quantitative estimate of drug-likeness (QED) is 0.933. The normalized spacial score (nSPS) is 17.4. The van der Waals surface area contributed by atoms with Crippen molar-refractivity contribution >= 4 is 17.3 Å². The Labute approximate surface area is 142 Å². The van der Waals surface area contributed by atoms with Gasteiger partial charge < -0.3 is 15.0 Å². The Morgan fingerprint density at radius 1 is 1.33 bits per heavy atom. The highest BCUT2D eigenvalue weighted by molar-refractivity contribution is 6.04. The molecule has 1 amide bonds. The summed E-state index contributed by atoms with van der Waals surface area (Å²) in [6.45, 7) is 4.32. The van der Waals surface area contributed by atoms with Gasteiger partial charge in [-0.3, -0.25) is 9.78 Å². The number of ether oxygens (including phenoxy) is 1. The van der Waals surface area contributed by atoms with E-state index in [0.29, 0.717) is 23.0 Å². The number of carbonyl (C=O) groups is 1. The second kappa shape index (κ2) is 7.34. The average Bonchev–Trinajstić information content (AvgIpc) is 2.62. The zero-order chi connectivity index (χ0) is 16.9. The van der Waals surface area contributed by atoms with Crippen LogP contribution >= 0.6 is 0 Å². The highest BCUT2D eigenvalue weighted by atomic mass is 16.5. The van der Waals surface area contributed by atoms with Crippen LogP contribution in [0.4, 0.5) is 11.4 Å². The molecular formula is C19H23N3O2. The maximum absolute atomic E-state index is 12.5. The van der Waals surface area contributed by atoms with Crippen LogP contribution in [0, 0.1) is 5.92 Å². The van der Waals surface area contributed by atoms with Crippen LogP contribution in [0.25, 0.3) is 0 Å². The zero-order valence-electron chi connectivity index (χ0n) is 14.2. The molecule has 0 spiro atoms. The van der Waals surface area contributed by atoms with Crippen molar-refractivity contribution in [3.05, 3.63) is 48.3 Å². The van der Waals surface area contributed by atoms with Gasteiger partial charge in [0.25, 0.3) is 5.91 Å². The predicted octanol–water partition coefficient (Wildman–Crippen LogP) is 3.58. The fourth-order valence-corrected chi connectivity index (χ4v) is 3.10. The number of piperidine rings is 1. The number of carbonyl (C=O) groups excluding carboxylic acids is 1. The number of anilines is 2. The lowest BCUT2D eigenvalue weighted by Crippen LogP contribution is -2.34. The summed E-state index contributed by atoms with van der Waals surface area (Å²) in [6.07, 6.45) is 4.15. The predicted molar refractivity (Wildman–Crippen MR) is 95.8 cm³/mol. The number of rotatable bonds is 4. The average molecular weight is 325 g/mol. The second-order valence-electron chi connectivity index (χ2n) is 6.25. The summed E-state index contributed by atoms with van der Waals surface area (Å²) in [5.74, 6) is 1.08. The molecule has 1 unspecified atom stereocenters. The smallest absolute Gasteiger partial charge is 0.274 e. The van der Waals surface area contributed by atoms with Crippen LogP contribution in [0.2, 0.25) is 0 Å². The number of aromatic nitrogens is 1. The fourth-order valence-electron chi connectivity index (χ4n) is 3.10. The van der Waals surface area contributed by atoms with Gasteiger partial charge in [-0.25, -0.2) is 0 Å². The van der Waals surface area contributed by atoms with E-state index in [2.05, 4.69) is 22.1 Å². The van der Waals surface area contributed by atoms with Crippen molar-refractivity contribution in [2.75, 3.05) is 30.4 Å². The molecular weight excluding hydrogens is 302 g/mol. The molecule has 1 aliphatic heterocycles. The Kier molecular flexibility index (Phi) is 4.99. The van der Waals surface area contributed by atoms with Gasteiger partial charge in [-0.15, -0.1) is 0 Å². The number of benzene rings is 1. The van der Waals surface area contributed by atoms with Gasteiger partial charge in [-0.1, -0.05) is 19.1 Å². The molecule has 1 saturated heterocycles. The summed E-state index contributed by atoms with van der Waals surface area (Å²) in [5, 5.41) is 2.87. The number of hydrogen-bond acceptors (Lipinski definition) is 4. The molecule has 126 valence electrons. The maximum atomic E-state index is 12.5. The topological polar surface area (TPSA) is 54.5 Å². The lowest BCUT2D eigenvalue weighted by Gasteiger charge is -2.32. The van der Waals surface area contributed by atoms with Crippen LogP contribution in [-0.2, 0) is 0 Å². The highest BCUT2D eigenvalue weighted by Crippen LogP contribution is 2.25. The Morgan fingerprint density at radius 3 is 2.96 bits per heavy atom. The molecule has 5 nitrogen and oxygen atoms in total. The first-order valence-electron chi connectivity index (χ1n) is 8.32. The van der Waals surface area contributed by atoms with Crippen molar-refractivity contribution in [2.24, 2.45) is 5.92 Å². The summed E-state index contributed by atoms with van der Waals surface area (Å²) < 4.78 is 5.27. The number of pyridine rings is 1. The van der Waals surface area contributed by atoms with Crippen molar-refractivity contribution in [2.45, 2.75) is 19.8 Å². The Morgan fingerprint density at radius 2 is 2.17 bits per heavy atom. The molecule has 1 aromatic heterocycles. The minimum absolute atomic E-state index is 0.230. The molecule has 2 heterocycles. The molecule has 2 aromatic rings. The van der Waals surface area contributed by atoms with Crippen molar-refractivity contribution in [1.29, 1.82) is 0 Å². The number of hydrogen-bond donors (Lipinski definition) is 1. The molecule has 1 aliphatic rings. The zero-order valence-corrected chi connectivity index (χ0v) is 14.2. The SMILES string of the molecule is COc1ccccc1NC(=O)c1cc(N2CCCC(C)C2)ccn1. The number of nitrogens with zero attached hydrogens (tertiary/aromatic N) is 2. The van der Waals surface area contributed by atoms with Gasteiger partial charge >= 0.3 is 0 Å². The van der Waals surface area contributed by atoms with E-state index in [4.69, 9.17) is 4.74 Å². The first kappa shape index (κ1) is 16.3. The van der Waals surface area contributed by atoms with Gasteiger partial charge in [0.2, 0.25) is 0 Å². The molecule has 1 N–H and O–H groups in total. The van der Waals surface area contributed by atoms with E-state index in [1.54, 1.807) is 13.3 Å². The lowest BCUT2D eigenvalue weighted by atomic mass is 10.00. The summed E-state index contributed by atoms with van der Waals surface area (Å²) in [7, 11) is 1.58. The molecule has 5 heteroatoms. The Balaban J connectivity index is 1.77. The summed E-state index contributed by atoms with van der Waals surface area (Å²) in [6, 6.07) is 11.2. The van der Waals surface area contributed by atoms with E-state index in [0.717, 1.165) is 18.8 Å². The van der Waals surface area contributed by atoms with E-state index < -0.39 is 0 Å².